The Morgan fingerprint density at radius 1 is 1.31 bits per heavy atom. The molecule has 1 atom stereocenters. The number of piperidine rings is 1. The molecule has 0 unspecified atom stereocenters. The number of aryl methyl sites for hydroxylation is 1. The van der Waals surface area contributed by atoms with E-state index < -0.39 is 5.60 Å². The van der Waals surface area contributed by atoms with E-state index in [-0.39, 0.29) is 6.09 Å². The van der Waals surface area contributed by atoms with Crippen LogP contribution in [0.25, 0.3) is 11.3 Å². The summed E-state index contributed by atoms with van der Waals surface area (Å²) >= 11 is 0. The van der Waals surface area contributed by atoms with Crippen molar-refractivity contribution >= 4 is 6.09 Å². The molecule has 3 heterocycles. The van der Waals surface area contributed by atoms with Crippen LogP contribution in [0.5, 0.6) is 0 Å². The average Bonchev–Trinajstić information content (AvgIpc) is 3.00. The molecule has 3 rings (SSSR count). The van der Waals surface area contributed by atoms with Gasteiger partial charge < -0.3 is 9.64 Å². The minimum Gasteiger partial charge on any atom is -0.444 e. The quantitative estimate of drug-likeness (QED) is 0.844. The van der Waals surface area contributed by atoms with Crippen molar-refractivity contribution in [3.05, 3.63) is 30.5 Å². The average molecular weight is 357 g/mol. The predicted octanol–water partition coefficient (Wildman–Crippen LogP) is 3.07. The van der Waals surface area contributed by atoms with Crippen molar-refractivity contribution in [3.8, 4) is 11.3 Å². The highest BCUT2D eigenvalue weighted by Crippen LogP contribution is 2.23. The summed E-state index contributed by atoms with van der Waals surface area (Å²) in [5, 5.41) is 4.19. The number of ether oxygens (including phenoxy) is 1. The first-order chi connectivity index (χ1) is 12.3. The summed E-state index contributed by atoms with van der Waals surface area (Å²) in [5.41, 5.74) is 2.27. The van der Waals surface area contributed by atoms with Crippen LogP contribution >= 0.6 is 0 Å². The Kier molecular flexibility index (Phi) is 5.25. The first-order valence-corrected chi connectivity index (χ1v) is 9.08. The van der Waals surface area contributed by atoms with Crippen LogP contribution in [-0.4, -0.2) is 49.4 Å². The second kappa shape index (κ2) is 7.43. The van der Waals surface area contributed by atoms with Gasteiger partial charge in [0, 0.05) is 38.1 Å². The zero-order chi connectivity index (χ0) is 18.7. The Bertz CT molecular complexity index is 765. The molecule has 0 aromatic carbocycles. The molecule has 0 aliphatic carbocycles. The zero-order valence-electron chi connectivity index (χ0n) is 16.0. The molecule has 1 saturated heterocycles. The highest BCUT2D eigenvalue weighted by Gasteiger charge is 2.28. The van der Waals surface area contributed by atoms with Gasteiger partial charge >= 0.3 is 6.09 Å². The summed E-state index contributed by atoms with van der Waals surface area (Å²) in [7, 11) is 1.88. The second-order valence-electron chi connectivity index (χ2n) is 7.94. The Labute approximate surface area is 154 Å². The molecular formula is C19H27N5O2. The van der Waals surface area contributed by atoms with Gasteiger partial charge in [0.2, 0.25) is 0 Å². The lowest BCUT2D eigenvalue weighted by atomic mass is 9.93. The van der Waals surface area contributed by atoms with Crippen LogP contribution in [0.3, 0.4) is 0 Å². The number of nitrogens with zero attached hydrogens (tertiary/aromatic N) is 5. The van der Waals surface area contributed by atoms with Crippen molar-refractivity contribution in [2.45, 2.75) is 45.6 Å². The summed E-state index contributed by atoms with van der Waals surface area (Å²) in [6.45, 7) is 7.14. The Hall–Kier alpha value is -2.44. The topological polar surface area (TPSA) is 73.1 Å². The number of carbonyl (C=O) groups is 1. The summed E-state index contributed by atoms with van der Waals surface area (Å²) in [5.74, 6) is 0.370. The van der Waals surface area contributed by atoms with Crippen LogP contribution in [-0.2, 0) is 18.2 Å². The van der Waals surface area contributed by atoms with Gasteiger partial charge in [0.1, 0.15) is 5.60 Å². The maximum Gasteiger partial charge on any atom is 0.410 e. The lowest BCUT2D eigenvalue weighted by Gasteiger charge is -2.34. The number of hydrogen-bond donors (Lipinski definition) is 0. The molecular weight excluding hydrogens is 330 g/mol. The standard InChI is InChI=1S/C19H27N5O2/c1-19(2,3)26-18(25)24-7-5-6-14(12-24)8-16-10-20-11-17(22-16)15-9-21-23(4)13-15/h9-11,13-14H,5-8,12H2,1-4H3/t14-/m0/s1. The van der Waals surface area contributed by atoms with Crippen LogP contribution in [0.4, 0.5) is 4.79 Å². The van der Waals surface area contributed by atoms with Crippen LogP contribution < -0.4 is 0 Å². The molecule has 7 heteroatoms. The highest BCUT2D eigenvalue weighted by molar-refractivity contribution is 5.68. The van der Waals surface area contributed by atoms with E-state index in [1.54, 1.807) is 17.1 Å². The number of carbonyl (C=O) groups excluding carboxylic acids is 1. The van der Waals surface area contributed by atoms with Crippen molar-refractivity contribution in [1.29, 1.82) is 0 Å². The van der Waals surface area contributed by atoms with E-state index in [0.29, 0.717) is 12.5 Å². The van der Waals surface area contributed by atoms with Gasteiger partial charge in [-0.1, -0.05) is 0 Å². The summed E-state index contributed by atoms with van der Waals surface area (Å²) in [6.07, 6.45) is 9.94. The Balaban J connectivity index is 1.64. The molecule has 1 aliphatic rings. The molecule has 26 heavy (non-hydrogen) atoms. The van der Waals surface area contributed by atoms with E-state index in [1.165, 1.54) is 0 Å². The molecule has 0 bridgehead atoms. The number of rotatable bonds is 3. The van der Waals surface area contributed by atoms with Gasteiger partial charge in [0.05, 0.1) is 23.8 Å². The molecule has 2 aromatic heterocycles. The first kappa shape index (κ1) is 18.4. The van der Waals surface area contributed by atoms with Gasteiger partial charge in [-0.05, 0) is 46.0 Å². The summed E-state index contributed by atoms with van der Waals surface area (Å²) < 4.78 is 7.26. The number of amides is 1. The van der Waals surface area contributed by atoms with Crippen LogP contribution in [0, 0.1) is 5.92 Å². The van der Waals surface area contributed by atoms with Crippen LogP contribution in [0.1, 0.15) is 39.3 Å². The fraction of sp³-hybridized carbons (Fsp3) is 0.579. The van der Waals surface area contributed by atoms with Crippen molar-refractivity contribution in [1.82, 2.24) is 24.6 Å². The van der Waals surface area contributed by atoms with E-state index in [0.717, 1.165) is 42.8 Å². The zero-order valence-corrected chi connectivity index (χ0v) is 16.0. The third-order valence-corrected chi connectivity index (χ3v) is 4.35. The number of aromatic nitrogens is 4. The number of likely N-dealkylation sites (tertiary alicyclic amines) is 1. The molecule has 0 spiro atoms. The largest absolute Gasteiger partial charge is 0.444 e. The second-order valence-corrected chi connectivity index (χ2v) is 7.94. The maximum atomic E-state index is 12.3. The van der Waals surface area contributed by atoms with E-state index in [1.807, 2.05) is 45.1 Å². The van der Waals surface area contributed by atoms with Crippen molar-refractivity contribution < 1.29 is 9.53 Å². The third kappa shape index (κ3) is 4.80. The van der Waals surface area contributed by atoms with E-state index in [9.17, 15) is 4.79 Å². The van der Waals surface area contributed by atoms with E-state index in [4.69, 9.17) is 9.72 Å². The highest BCUT2D eigenvalue weighted by atomic mass is 16.6. The molecule has 2 aromatic rings. The van der Waals surface area contributed by atoms with Crippen molar-refractivity contribution in [2.24, 2.45) is 13.0 Å². The van der Waals surface area contributed by atoms with Gasteiger partial charge in [-0.25, -0.2) is 9.78 Å². The Morgan fingerprint density at radius 3 is 2.81 bits per heavy atom. The lowest BCUT2D eigenvalue weighted by molar-refractivity contribution is 0.0165. The summed E-state index contributed by atoms with van der Waals surface area (Å²) in [4.78, 5) is 23.2. The monoisotopic (exact) mass is 357 g/mol. The fourth-order valence-corrected chi connectivity index (χ4v) is 3.22. The van der Waals surface area contributed by atoms with Crippen LogP contribution in [0.15, 0.2) is 24.8 Å². The van der Waals surface area contributed by atoms with Gasteiger partial charge in [-0.15, -0.1) is 0 Å². The van der Waals surface area contributed by atoms with Crippen molar-refractivity contribution in [3.63, 3.8) is 0 Å². The van der Waals surface area contributed by atoms with E-state index >= 15 is 0 Å². The molecule has 0 radical (unpaired) electrons. The molecule has 0 saturated carbocycles. The van der Waals surface area contributed by atoms with E-state index in [2.05, 4.69) is 10.1 Å². The molecule has 1 amide bonds. The minimum atomic E-state index is -0.465. The summed E-state index contributed by atoms with van der Waals surface area (Å²) in [6, 6.07) is 0. The van der Waals surface area contributed by atoms with Gasteiger partial charge in [-0.3, -0.25) is 9.67 Å². The Morgan fingerprint density at radius 2 is 2.12 bits per heavy atom. The molecule has 1 fully saturated rings. The first-order valence-electron chi connectivity index (χ1n) is 9.08. The molecule has 0 N–H and O–H groups in total. The normalized spacial score (nSPS) is 18.0. The van der Waals surface area contributed by atoms with Crippen LogP contribution in [0.2, 0.25) is 0 Å². The fourth-order valence-electron chi connectivity index (χ4n) is 3.22. The maximum absolute atomic E-state index is 12.3. The molecule has 7 nitrogen and oxygen atoms in total. The minimum absolute atomic E-state index is 0.225. The molecule has 140 valence electrons. The molecule has 1 aliphatic heterocycles. The lowest BCUT2D eigenvalue weighted by Crippen LogP contribution is -2.43. The number of hydrogen-bond acceptors (Lipinski definition) is 5. The smallest absolute Gasteiger partial charge is 0.410 e. The van der Waals surface area contributed by atoms with Gasteiger partial charge in [0.25, 0.3) is 0 Å². The van der Waals surface area contributed by atoms with Gasteiger partial charge in [-0.2, -0.15) is 5.10 Å². The third-order valence-electron chi connectivity index (χ3n) is 4.35. The predicted molar refractivity (Wildman–Crippen MR) is 98.5 cm³/mol. The van der Waals surface area contributed by atoms with Crippen molar-refractivity contribution in [2.75, 3.05) is 13.1 Å². The SMILES string of the molecule is Cn1cc(-c2cncc(C[C@@H]3CCCN(C(=O)OC(C)(C)C)C3)n2)cn1. The van der Waals surface area contributed by atoms with Gasteiger partial charge in [0.15, 0.2) is 0 Å².